The van der Waals surface area contributed by atoms with Crippen LogP contribution >= 0.6 is 0 Å². The topological polar surface area (TPSA) is 68.6 Å². The molecule has 2 fully saturated rings. The third kappa shape index (κ3) is 6.80. The zero-order valence-corrected chi connectivity index (χ0v) is 19.3. The van der Waals surface area contributed by atoms with Crippen molar-refractivity contribution in [2.24, 2.45) is 0 Å². The predicted molar refractivity (Wildman–Crippen MR) is 130 cm³/mol. The zero-order valence-electron chi connectivity index (χ0n) is 19.3. The summed E-state index contributed by atoms with van der Waals surface area (Å²) in [5.41, 5.74) is 1.22. The van der Waals surface area contributed by atoms with E-state index in [2.05, 4.69) is 21.2 Å². The quantitative estimate of drug-likeness (QED) is 0.608. The van der Waals surface area contributed by atoms with Crippen molar-refractivity contribution >= 4 is 5.91 Å². The lowest BCUT2D eigenvalue weighted by molar-refractivity contribution is 0.0903. The van der Waals surface area contributed by atoms with Crippen LogP contribution in [0.1, 0.15) is 54.4 Å². The number of amides is 1. The molecule has 0 radical (unpaired) electrons. The molecule has 2 aliphatic rings. The molecule has 2 heterocycles. The van der Waals surface area contributed by atoms with Gasteiger partial charge in [0.1, 0.15) is 11.5 Å². The molecule has 2 aliphatic heterocycles. The number of rotatable bonds is 8. The van der Waals surface area contributed by atoms with Gasteiger partial charge in [-0.15, -0.1) is 0 Å². The third-order valence-corrected chi connectivity index (χ3v) is 6.74. The van der Waals surface area contributed by atoms with Crippen LogP contribution in [0.5, 0.6) is 11.5 Å². The van der Waals surface area contributed by atoms with Gasteiger partial charge in [-0.05, 0) is 113 Å². The van der Waals surface area contributed by atoms with Gasteiger partial charge < -0.3 is 19.9 Å². The molecule has 174 valence electrons. The number of hydrogen-bond donors (Lipinski definition) is 1. The smallest absolute Gasteiger partial charge is 0.251 e. The maximum Gasteiger partial charge on any atom is 0.251 e. The van der Waals surface area contributed by atoms with Crippen LogP contribution in [0.4, 0.5) is 0 Å². The molecule has 0 atom stereocenters. The van der Waals surface area contributed by atoms with E-state index in [0.717, 1.165) is 19.0 Å². The van der Waals surface area contributed by atoms with E-state index >= 15 is 0 Å². The summed E-state index contributed by atoms with van der Waals surface area (Å²) in [6, 6.07) is 17.0. The molecule has 0 saturated carbocycles. The molecule has 6 nitrogen and oxygen atoms in total. The second-order valence-electron chi connectivity index (χ2n) is 9.04. The Morgan fingerprint density at radius 1 is 0.939 bits per heavy atom. The Labute approximate surface area is 197 Å². The predicted octanol–water partition coefficient (Wildman–Crippen LogP) is 4.42. The van der Waals surface area contributed by atoms with Crippen LogP contribution in [0.2, 0.25) is 0 Å². The van der Waals surface area contributed by atoms with Gasteiger partial charge in [-0.2, -0.15) is 5.26 Å². The molecule has 0 unspecified atom stereocenters. The normalized spacial score (nSPS) is 17.9. The Morgan fingerprint density at radius 2 is 1.58 bits per heavy atom. The first-order valence-electron chi connectivity index (χ1n) is 12.2. The van der Waals surface area contributed by atoms with Crippen LogP contribution in [0.3, 0.4) is 0 Å². The molecule has 6 heteroatoms. The highest BCUT2D eigenvalue weighted by Crippen LogP contribution is 2.22. The van der Waals surface area contributed by atoms with Crippen LogP contribution in [0.25, 0.3) is 0 Å². The second-order valence-corrected chi connectivity index (χ2v) is 9.04. The summed E-state index contributed by atoms with van der Waals surface area (Å²) in [5, 5.41) is 11.9. The number of benzene rings is 2. The lowest BCUT2D eigenvalue weighted by Crippen LogP contribution is -2.47. The number of nitrogens with one attached hydrogen (secondary N) is 1. The monoisotopic (exact) mass is 446 g/mol. The standard InChI is InChI=1S/C27H34N4O2/c28-21-22-5-9-25(10-6-22)33-26-11-7-23(8-12-26)27(32)29-15-4-16-30-19-13-24(14-20-30)31-17-2-1-3-18-31/h5-12,24H,1-4,13-20H2,(H,29,32). The van der Waals surface area contributed by atoms with Gasteiger partial charge in [0.05, 0.1) is 11.6 Å². The molecule has 0 aliphatic carbocycles. The zero-order chi connectivity index (χ0) is 22.9. The van der Waals surface area contributed by atoms with Crippen molar-refractivity contribution in [1.29, 1.82) is 5.26 Å². The van der Waals surface area contributed by atoms with E-state index in [0.29, 0.717) is 29.2 Å². The molecule has 33 heavy (non-hydrogen) atoms. The van der Waals surface area contributed by atoms with Crippen molar-refractivity contribution in [2.75, 3.05) is 39.3 Å². The van der Waals surface area contributed by atoms with Crippen molar-refractivity contribution in [1.82, 2.24) is 15.1 Å². The van der Waals surface area contributed by atoms with Gasteiger partial charge in [0, 0.05) is 18.2 Å². The minimum absolute atomic E-state index is 0.0521. The molecule has 1 N–H and O–H groups in total. The second kappa shape index (κ2) is 11.8. The van der Waals surface area contributed by atoms with E-state index in [1.165, 1.54) is 58.3 Å². The number of nitriles is 1. The lowest BCUT2D eigenvalue weighted by Gasteiger charge is -2.40. The van der Waals surface area contributed by atoms with E-state index in [1.807, 2.05) is 0 Å². The molecular formula is C27H34N4O2. The van der Waals surface area contributed by atoms with Crippen molar-refractivity contribution < 1.29 is 9.53 Å². The lowest BCUT2D eigenvalue weighted by atomic mass is 10.00. The highest BCUT2D eigenvalue weighted by Gasteiger charge is 2.25. The number of nitrogens with zero attached hydrogens (tertiary/aromatic N) is 3. The van der Waals surface area contributed by atoms with Crippen LogP contribution in [-0.2, 0) is 0 Å². The Kier molecular flexibility index (Phi) is 8.35. The molecule has 1 amide bonds. The fourth-order valence-corrected chi connectivity index (χ4v) is 4.81. The van der Waals surface area contributed by atoms with E-state index in [1.54, 1.807) is 48.5 Å². The van der Waals surface area contributed by atoms with Crippen LogP contribution in [-0.4, -0.2) is 61.0 Å². The Bertz CT molecular complexity index is 922. The van der Waals surface area contributed by atoms with E-state index in [9.17, 15) is 4.79 Å². The Hall–Kier alpha value is -2.88. The van der Waals surface area contributed by atoms with Gasteiger partial charge in [-0.3, -0.25) is 4.79 Å². The number of hydrogen-bond acceptors (Lipinski definition) is 5. The van der Waals surface area contributed by atoms with E-state index < -0.39 is 0 Å². The maximum atomic E-state index is 12.5. The van der Waals surface area contributed by atoms with Gasteiger partial charge in [-0.1, -0.05) is 6.42 Å². The average molecular weight is 447 g/mol. The number of likely N-dealkylation sites (tertiary alicyclic amines) is 2. The van der Waals surface area contributed by atoms with Crippen molar-refractivity contribution in [3.8, 4) is 17.6 Å². The summed E-state index contributed by atoms with van der Waals surface area (Å²) >= 11 is 0. The molecule has 0 aromatic heterocycles. The third-order valence-electron chi connectivity index (χ3n) is 6.74. The number of carbonyl (C=O) groups is 1. The first-order valence-corrected chi connectivity index (χ1v) is 12.2. The van der Waals surface area contributed by atoms with Gasteiger partial charge >= 0.3 is 0 Å². The first-order chi connectivity index (χ1) is 16.2. The Morgan fingerprint density at radius 3 is 2.21 bits per heavy atom. The summed E-state index contributed by atoms with van der Waals surface area (Å²) in [6.45, 7) is 6.67. The molecule has 0 bridgehead atoms. The van der Waals surface area contributed by atoms with Gasteiger partial charge in [0.15, 0.2) is 0 Å². The largest absolute Gasteiger partial charge is 0.457 e. The van der Waals surface area contributed by atoms with Gasteiger partial charge in [0.25, 0.3) is 5.91 Å². The highest BCUT2D eigenvalue weighted by atomic mass is 16.5. The van der Waals surface area contributed by atoms with Gasteiger partial charge in [0.2, 0.25) is 0 Å². The molecular weight excluding hydrogens is 412 g/mol. The van der Waals surface area contributed by atoms with Crippen molar-refractivity contribution in [2.45, 2.75) is 44.6 Å². The fraction of sp³-hybridized carbons (Fsp3) is 0.481. The van der Waals surface area contributed by atoms with Crippen molar-refractivity contribution in [3.05, 3.63) is 59.7 Å². The van der Waals surface area contributed by atoms with Crippen LogP contribution in [0.15, 0.2) is 48.5 Å². The molecule has 2 aromatic carbocycles. The van der Waals surface area contributed by atoms with E-state index in [-0.39, 0.29) is 5.91 Å². The fourth-order valence-electron chi connectivity index (χ4n) is 4.81. The molecule has 0 spiro atoms. The summed E-state index contributed by atoms with van der Waals surface area (Å²) in [7, 11) is 0. The Balaban J connectivity index is 1.13. The van der Waals surface area contributed by atoms with Crippen LogP contribution < -0.4 is 10.1 Å². The van der Waals surface area contributed by atoms with E-state index in [4.69, 9.17) is 10.00 Å². The summed E-state index contributed by atoms with van der Waals surface area (Å²) in [6.07, 6.45) is 7.67. The maximum absolute atomic E-state index is 12.5. The SMILES string of the molecule is N#Cc1ccc(Oc2ccc(C(=O)NCCCN3CCC(N4CCCCC4)CC3)cc2)cc1. The number of piperidine rings is 2. The minimum atomic E-state index is -0.0521. The molecule has 2 aromatic rings. The average Bonchev–Trinajstić information content (AvgIpc) is 2.88. The van der Waals surface area contributed by atoms with Gasteiger partial charge in [-0.25, -0.2) is 0 Å². The highest BCUT2D eigenvalue weighted by molar-refractivity contribution is 5.94. The summed E-state index contributed by atoms with van der Waals surface area (Å²) in [4.78, 5) is 17.7. The van der Waals surface area contributed by atoms with Crippen molar-refractivity contribution in [3.63, 3.8) is 0 Å². The number of ether oxygens (including phenoxy) is 1. The summed E-state index contributed by atoms with van der Waals surface area (Å²) < 4.78 is 5.77. The molecule has 4 rings (SSSR count). The van der Waals surface area contributed by atoms with Crippen LogP contribution in [0, 0.1) is 11.3 Å². The summed E-state index contributed by atoms with van der Waals surface area (Å²) in [5.74, 6) is 1.26. The first kappa shape index (κ1) is 23.3. The number of carbonyl (C=O) groups excluding carboxylic acids is 1. The minimum Gasteiger partial charge on any atom is -0.457 e. The molecule has 2 saturated heterocycles.